The van der Waals surface area contributed by atoms with Crippen molar-refractivity contribution >= 4 is 29.0 Å². The zero-order valence-electron chi connectivity index (χ0n) is 12.2. The predicted octanol–water partition coefficient (Wildman–Crippen LogP) is 2.34. The molecule has 1 aromatic heterocycles. The van der Waals surface area contributed by atoms with E-state index in [1.54, 1.807) is 6.20 Å². The number of nitrogens with one attached hydrogen (secondary N) is 2. The summed E-state index contributed by atoms with van der Waals surface area (Å²) in [4.78, 5) is 20.3. The van der Waals surface area contributed by atoms with E-state index in [2.05, 4.69) is 20.6 Å². The number of hydrogen-bond acceptors (Lipinski definition) is 5. The van der Waals surface area contributed by atoms with Gasteiger partial charge in [-0.2, -0.15) is 4.98 Å². The predicted molar refractivity (Wildman–Crippen MR) is 82.6 cm³/mol. The van der Waals surface area contributed by atoms with E-state index in [0.29, 0.717) is 11.8 Å². The second kappa shape index (κ2) is 4.44. The number of amides is 1. The molecule has 0 spiro atoms. The topological polar surface area (TPSA) is 92.9 Å². The average molecular weight is 283 g/mol. The Bertz CT molecular complexity index is 739. The molecule has 0 atom stereocenters. The van der Waals surface area contributed by atoms with Gasteiger partial charge in [-0.15, -0.1) is 0 Å². The number of nitrogens with two attached hydrogens (primary N) is 1. The summed E-state index contributed by atoms with van der Waals surface area (Å²) in [5.74, 6) is 0.884. The summed E-state index contributed by atoms with van der Waals surface area (Å²) in [5.41, 5.74) is 8.71. The first-order valence-corrected chi connectivity index (χ1v) is 6.70. The number of anilines is 4. The van der Waals surface area contributed by atoms with E-state index in [4.69, 9.17) is 5.73 Å². The SMILES string of the molecule is Cc1cnc(Nc2ccc3c(c2)NC(=O)C3(C)C)nc1N. The second-order valence-electron chi connectivity index (χ2n) is 5.73. The van der Waals surface area contributed by atoms with Crippen LogP contribution in [-0.4, -0.2) is 15.9 Å². The highest BCUT2D eigenvalue weighted by Gasteiger charge is 2.38. The minimum absolute atomic E-state index is 0.00507. The van der Waals surface area contributed by atoms with Gasteiger partial charge in [0.1, 0.15) is 5.82 Å². The fourth-order valence-corrected chi connectivity index (χ4v) is 2.32. The van der Waals surface area contributed by atoms with Crippen LogP contribution in [0.15, 0.2) is 24.4 Å². The van der Waals surface area contributed by atoms with Gasteiger partial charge in [0, 0.05) is 23.1 Å². The van der Waals surface area contributed by atoms with E-state index in [1.165, 1.54) is 0 Å². The van der Waals surface area contributed by atoms with Gasteiger partial charge in [-0.25, -0.2) is 4.98 Å². The Morgan fingerprint density at radius 1 is 1.33 bits per heavy atom. The van der Waals surface area contributed by atoms with Crippen LogP contribution in [0.1, 0.15) is 25.0 Å². The number of carbonyl (C=O) groups excluding carboxylic acids is 1. The van der Waals surface area contributed by atoms with Crippen molar-refractivity contribution in [2.24, 2.45) is 0 Å². The van der Waals surface area contributed by atoms with E-state index in [1.807, 2.05) is 39.0 Å². The first-order chi connectivity index (χ1) is 9.88. The van der Waals surface area contributed by atoms with Crippen molar-refractivity contribution in [2.75, 3.05) is 16.4 Å². The molecule has 3 rings (SSSR count). The van der Waals surface area contributed by atoms with Crippen molar-refractivity contribution in [3.8, 4) is 0 Å². The normalized spacial score (nSPS) is 15.5. The molecule has 1 amide bonds. The van der Waals surface area contributed by atoms with Crippen LogP contribution in [0.5, 0.6) is 0 Å². The van der Waals surface area contributed by atoms with E-state index < -0.39 is 5.41 Å². The lowest BCUT2D eigenvalue weighted by Crippen LogP contribution is -2.26. The highest BCUT2D eigenvalue weighted by Crippen LogP contribution is 2.38. The number of aryl methyl sites for hydroxylation is 1. The maximum absolute atomic E-state index is 11.9. The number of nitrogen functional groups attached to an aromatic ring is 1. The molecule has 0 saturated carbocycles. The monoisotopic (exact) mass is 283 g/mol. The number of nitrogens with zero attached hydrogens (tertiary/aromatic N) is 2. The summed E-state index contributed by atoms with van der Waals surface area (Å²) >= 11 is 0. The van der Waals surface area contributed by atoms with E-state index in [-0.39, 0.29) is 5.91 Å². The minimum atomic E-state index is -0.501. The van der Waals surface area contributed by atoms with Crippen molar-refractivity contribution in [3.63, 3.8) is 0 Å². The van der Waals surface area contributed by atoms with E-state index in [9.17, 15) is 4.79 Å². The average Bonchev–Trinajstić information content (AvgIpc) is 2.64. The summed E-state index contributed by atoms with van der Waals surface area (Å²) < 4.78 is 0. The number of benzene rings is 1. The molecule has 0 unspecified atom stereocenters. The molecule has 108 valence electrons. The molecule has 1 aliphatic heterocycles. The third kappa shape index (κ3) is 2.18. The van der Waals surface area contributed by atoms with Gasteiger partial charge in [0.25, 0.3) is 0 Å². The van der Waals surface area contributed by atoms with E-state index >= 15 is 0 Å². The van der Waals surface area contributed by atoms with Crippen LogP contribution in [-0.2, 0) is 10.2 Å². The molecule has 0 radical (unpaired) electrons. The molecule has 1 aromatic carbocycles. The van der Waals surface area contributed by atoms with Gasteiger partial charge in [-0.05, 0) is 38.5 Å². The number of fused-ring (bicyclic) bond motifs is 1. The number of aromatic nitrogens is 2. The molecule has 6 nitrogen and oxygen atoms in total. The van der Waals surface area contributed by atoms with Crippen LogP contribution in [0, 0.1) is 6.92 Å². The molecule has 1 aliphatic rings. The van der Waals surface area contributed by atoms with Crippen LogP contribution < -0.4 is 16.4 Å². The lowest BCUT2D eigenvalue weighted by atomic mass is 9.86. The molecule has 0 fully saturated rings. The summed E-state index contributed by atoms with van der Waals surface area (Å²) in [6, 6.07) is 5.72. The lowest BCUT2D eigenvalue weighted by molar-refractivity contribution is -0.119. The van der Waals surface area contributed by atoms with Crippen molar-refractivity contribution in [1.82, 2.24) is 9.97 Å². The van der Waals surface area contributed by atoms with Crippen molar-refractivity contribution < 1.29 is 4.79 Å². The molecular formula is C15H17N5O. The van der Waals surface area contributed by atoms with Gasteiger partial charge in [0.2, 0.25) is 11.9 Å². The van der Waals surface area contributed by atoms with Gasteiger partial charge < -0.3 is 16.4 Å². The molecular weight excluding hydrogens is 266 g/mol. The Balaban J connectivity index is 1.90. The molecule has 21 heavy (non-hydrogen) atoms. The number of hydrogen-bond donors (Lipinski definition) is 3. The Morgan fingerprint density at radius 2 is 2.10 bits per heavy atom. The molecule has 2 aromatic rings. The summed E-state index contributed by atoms with van der Waals surface area (Å²) in [7, 11) is 0. The number of carbonyl (C=O) groups is 1. The minimum Gasteiger partial charge on any atom is -0.383 e. The molecule has 0 aliphatic carbocycles. The van der Waals surface area contributed by atoms with Gasteiger partial charge >= 0.3 is 0 Å². The Labute approximate surface area is 122 Å². The van der Waals surface area contributed by atoms with Crippen LogP contribution >= 0.6 is 0 Å². The van der Waals surface area contributed by atoms with Crippen molar-refractivity contribution in [3.05, 3.63) is 35.5 Å². The van der Waals surface area contributed by atoms with Crippen LogP contribution in [0.2, 0.25) is 0 Å². The molecule has 0 saturated heterocycles. The number of rotatable bonds is 2. The third-order valence-corrected chi connectivity index (χ3v) is 3.78. The molecule has 4 N–H and O–H groups in total. The molecule has 0 bridgehead atoms. The highest BCUT2D eigenvalue weighted by molar-refractivity contribution is 6.06. The van der Waals surface area contributed by atoms with Crippen LogP contribution in [0.3, 0.4) is 0 Å². The van der Waals surface area contributed by atoms with Crippen LogP contribution in [0.25, 0.3) is 0 Å². The standard InChI is InChI=1S/C15H17N5O/c1-8-7-17-14(20-12(8)16)18-9-4-5-10-11(6-9)19-13(21)15(10,2)3/h4-7H,1-3H3,(H,19,21)(H3,16,17,18,20). The summed E-state index contributed by atoms with van der Waals surface area (Å²) in [6.45, 7) is 5.67. The second-order valence-corrected chi connectivity index (χ2v) is 5.73. The zero-order chi connectivity index (χ0) is 15.2. The largest absolute Gasteiger partial charge is 0.383 e. The van der Waals surface area contributed by atoms with Gasteiger partial charge in [0.05, 0.1) is 5.41 Å². The molecule has 6 heteroatoms. The zero-order valence-corrected chi connectivity index (χ0v) is 12.2. The summed E-state index contributed by atoms with van der Waals surface area (Å²) in [5, 5.41) is 5.98. The summed E-state index contributed by atoms with van der Waals surface area (Å²) in [6.07, 6.45) is 1.67. The first-order valence-electron chi connectivity index (χ1n) is 6.70. The Kier molecular flexibility index (Phi) is 2.83. The maximum Gasteiger partial charge on any atom is 0.234 e. The van der Waals surface area contributed by atoms with Crippen molar-refractivity contribution in [1.29, 1.82) is 0 Å². The Hall–Kier alpha value is -2.63. The first kappa shape index (κ1) is 13.4. The van der Waals surface area contributed by atoms with Gasteiger partial charge in [-0.3, -0.25) is 4.79 Å². The smallest absolute Gasteiger partial charge is 0.234 e. The fraction of sp³-hybridized carbons (Fsp3) is 0.267. The van der Waals surface area contributed by atoms with Gasteiger partial charge in [-0.1, -0.05) is 6.07 Å². The fourth-order valence-electron chi connectivity index (χ4n) is 2.32. The quantitative estimate of drug-likeness (QED) is 0.786. The Morgan fingerprint density at radius 3 is 2.81 bits per heavy atom. The lowest BCUT2D eigenvalue weighted by Gasteiger charge is -2.15. The van der Waals surface area contributed by atoms with Crippen LogP contribution in [0.4, 0.5) is 23.1 Å². The van der Waals surface area contributed by atoms with E-state index in [0.717, 1.165) is 22.5 Å². The third-order valence-electron chi connectivity index (χ3n) is 3.78. The van der Waals surface area contributed by atoms with Gasteiger partial charge in [0.15, 0.2) is 0 Å². The molecule has 2 heterocycles. The highest BCUT2D eigenvalue weighted by atomic mass is 16.2. The maximum atomic E-state index is 11.9. The van der Waals surface area contributed by atoms with Crippen molar-refractivity contribution in [2.45, 2.75) is 26.2 Å².